The van der Waals surface area contributed by atoms with Crippen LogP contribution >= 0.6 is 0 Å². The zero-order valence-corrected chi connectivity index (χ0v) is 23.6. The molecule has 0 saturated carbocycles. The van der Waals surface area contributed by atoms with Crippen LogP contribution in [0.3, 0.4) is 0 Å². The first-order valence-corrected chi connectivity index (χ1v) is 13.7. The third-order valence-electron chi connectivity index (χ3n) is 5.38. The van der Waals surface area contributed by atoms with E-state index < -0.39 is 0 Å². The Hall–Kier alpha value is -3.94. The van der Waals surface area contributed by atoms with Crippen molar-refractivity contribution in [3.8, 4) is 6.01 Å². The predicted molar refractivity (Wildman–Crippen MR) is 157 cm³/mol. The fourth-order valence-corrected chi connectivity index (χ4v) is 3.76. The van der Waals surface area contributed by atoms with Crippen LogP contribution in [-0.4, -0.2) is 45.5 Å². The zero-order chi connectivity index (χ0) is 27.8. The van der Waals surface area contributed by atoms with Crippen LogP contribution in [0.5, 0.6) is 6.01 Å². The molecule has 204 valence electrons. The number of hydrogen-bond acceptors (Lipinski definition) is 6. The lowest BCUT2D eigenvalue weighted by Crippen LogP contribution is -2.26. The van der Waals surface area contributed by atoms with Gasteiger partial charge in [-0.2, -0.15) is 9.97 Å². The van der Waals surface area contributed by atoms with Crippen LogP contribution in [0, 0.1) is 0 Å². The molecule has 0 unspecified atom stereocenters. The molecule has 1 aromatic carbocycles. The van der Waals surface area contributed by atoms with Crippen molar-refractivity contribution in [2.45, 2.75) is 60.8 Å². The summed E-state index contributed by atoms with van der Waals surface area (Å²) in [6, 6.07) is 15.3. The van der Waals surface area contributed by atoms with Crippen molar-refractivity contribution in [3.05, 3.63) is 72.2 Å². The second-order valence-corrected chi connectivity index (χ2v) is 8.03. The summed E-state index contributed by atoms with van der Waals surface area (Å²) < 4.78 is 5.89. The lowest BCUT2D eigenvalue weighted by atomic mass is 10.1. The van der Waals surface area contributed by atoms with Gasteiger partial charge in [0, 0.05) is 60.1 Å². The van der Waals surface area contributed by atoms with Gasteiger partial charge in [0.25, 0.3) is 5.91 Å². The maximum absolute atomic E-state index is 13.0. The molecule has 0 aliphatic carbocycles. The number of rotatable bonds is 11. The molecule has 2 N–H and O–H groups in total. The minimum atomic E-state index is -0.232. The van der Waals surface area contributed by atoms with Gasteiger partial charge in [-0.3, -0.25) is 9.78 Å². The van der Waals surface area contributed by atoms with Gasteiger partial charge in [-0.05, 0) is 49.2 Å². The monoisotopic (exact) mass is 518 g/mol. The van der Waals surface area contributed by atoms with Gasteiger partial charge < -0.3 is 19.9 Å². The van der Waals surface area contributed by atoms with E-state index in [4.69, 9.17) is 4.74 Å². The highest BCUT2D eigenvalue weighted by Crippen LogP contribution is 2.22. The number of carbonyl (C=O) groups excluding carboxylic acids is 1. The second-order valence-electron chi connectivity index (χ2n) is 8.03. The first-order valence-electron chi connectivity index (χ1n) is 13.7. The minimum absolute atomic E-state index is 0.232. The van der Waals surface area contributed by atoms with E-state index in [1.165, 1.54) is 0 Å². The number of H-pyrrole nitrogens is 1. The smallest absolute Gasteiger partial charge is 0.320 e. The van der Waals surface area contributed by atoms with Gasteiger partial charge >= 0.3 is 6.01 Å². The normalized spacial score (nSPS) is 10.1. The van der Waals surface area contributed by atoms with Gasteiger partial charge in [-0.25, -0.2) is 0 Å². The maximum Gasteiger partial charge on any atom is 0.320 e. The number of nitrogens with zero attached hydrogens (tertiary/aromatic N) is 4. The number of nitrogens with one attached hydrogen (secondary N) is 2. The molecule has 0 bridgehead atoms. The summed E-state index contributed by atoms with van der Waals surface area (Å²) in [6.07, 6.45) is 6.23. The number of pyridine rings is 1. The van der Waals surface area contributed by atoms with E-state index in [9.17, 15) is 4.79 Å². The van der Waals surface area contributed by atoms with Gasteiger partial charge in [0.2, 0.25) is 0 Å². The predicted octanol–water partition coefficient (Wildman–Crippen LogP) is 6.91. The summed E-state index contributed by atoms with van der Waals surface area (Å²) in [5.74, 6) is 0.918. The number of carbonyl (C=O) groups is 1. The summed E-state index contributed by atoms with van der Waals surface area (Å²) in [6.45, 7) is 14.4. The molecule has 0 fully saturated rings. The second kappa shape index (κ2) is 16.7. The van der Waals surface area contributed by atoms with E-state index in [1.807, 2.05) is 76.4 Å². The molecule has 0 aliphatic rings. The Kier molecular flexibility index (Phi) is 13.3. The van der Waals surface area contributed by atoms with Crippen LogP contribution in [0.4, 0.5) is 11.6 Å². The van der Waals surface area contributed by atoms with Gasteiger partial charge in [-0.15, -0.1) is 0 Å². The Morgan fingerprint density at radius 2 is 1.74 bits per heavy atom. The summed E-state index contributed by atoms with van der Waals surface area (Å²) >= 11 is 0. The number of hydrogen-bond donors (Lipinski definition) is 2. The van der Waals surface area contributed by atoms with Gasteiger partial charge in [0.1, 0.15) is 11.6 Å². The standard InChI is InChI=1S/C26H30N6O2.2C2H6/c1-3-14-32(15-4-2)24-18-23(29-25(33)20-8-9-22-19(17-20)10-13-28-22)30-26(31-24)34-16-11-21-7-5-6-12-27-21;2*1-2/h5-10,12-13,17-18,28H,3-4,11,14-16H2,1-2H3,(H,29,30,31,33);2*1-2H3. The molecule has 0 radical (unpaired) electrons. The van der Waals surface area contributed by atoms with Crippen molar-refractivity contribution in [2.75, 3.05) is 29.9 Å². The van der Waals surface area contributed by atoms with Crippen LogP contribution in [0.15, 0.2) is 60.9 Å². The van der Waals surface area contributed by atoms with E-state index in [0.29, 0.717) is 24.4 Å². The zero-order valence-electron chi connectivity index (χ0n) is 23.6. The molecule has 0 aliphatic heterocycles. The molecule has 1 amide bonds. The fraction of sp³-hybridized carbons (Fsp3) is 0.400. The molecule has 3 aromatic heterocycles. The highest BCUT2D eigenvalue weighted by molar-refractivity contribution is 6.05. The van der Waals surface area contributed by atoms with Crippen LogP contribution in [0.1, 0.15) is 70.4 Å². The summed E-state index contributed by atoms with van der Waals surface area (Å²) in [5, 5.41) is 3.90. The Balaban J connectivity index is 0.00000121. The van der Waals surface area contributed by atoms with Crippen molar-refractivity contribution in [2.24, 2.45) is 0 Å². The largest absolute Gasteiger partial charge is 0.463 e. The van der Waals surface area contributed by atoms with Crippen molar-refractivity contribution in [3.63, 3.8) is 0 Å². The average Bonchev–Trinajstić information content (AvgIpc) is 3.44. The molecule has 8 nitrogen and oxygen atoms in total. The summed E-state index contributed by atoms with van der Waals surface area (Å²) in [7, 11) is 0. The van der Waals surface area contributed by atoms with E-state index in [1.54, 1.807) is 12.3 Å². The van der Waals surface area contributed by atoms with Gasteiger partial charge in [0.05, 0.1) is 6.61 Å². The molecular weight excluding hydrogens is 476 g/mol. The number of aromatic amines is 1. The molecule has 0 atom stereocenters. The van der Waals surface area contributed by atoms with E-state index >= 15 is 0 Å². The molecular formula is C30H42N6O2. The maximum atomic E-state index is 13.0. The van der Waals surface area contributed by atoms with Crippen molar-refractivity contribution >= 4 is 28.4 Å². The summed E-state index contributed by atoms with van der Waals surface area (Å²) in [4.78, 5) is 31.7. The first kappa shape index (κ1) is 30.3. The Labute approximate surface area is 226 Å². The van der Waals surface area contributed by atoms with Crippen molar-refractivity contribution < 1.29 is 9.53 Å². The number of amides is 1. The third-order valence-corrected chi connectivity index (χ3v) is 5.38. The average molecular weight is 519 g/mol. The van der Waals surface area contributed by atoms with Gasteiger partial charge in [-0.1, -0.05) is 47.6 Å². The molecule has 0 saturated heterocycles. The number of fused-ring (bicyclic) bond motifs is 1. The van der Waals surface area contributed by atoms with E-state index in [0.717, 1.165) is 48.3 Å². The number of benzene rings is 1. The molecule has 4 rings (SSSR count). The number of aromatic nitrogens is 4. The molecule has 4 aromatic rings. The van der Waals surface area contributed by atoms with Crippen LogP contribution < -0.4 is 15.0 Å². The first-order chi connectivity index (χ1) is 18.7. The lowest BCUT2D eigenvalue weighted by Gasteiger charge is -2.23. The summed E-state index contributed by atoms with van der Waals surface area (Å²) in [5.41, 5.74) is 2.48. The van der Waals surface area contributed by atoms with Crippen LogP contribution in [-0.2, 0) is 6.42 Å². The topological polar surface area (TPSA) is 96.0 Å². The van der Waals surface area contributed by atoms with Crippen LogP contribution in [0.2, 0.25) is 0 Å². The molecule has 8 heteroatoms. The molecule has 0 spiro atoms. The minimum Gasteiger partial charge on any atom is -0.463 e. The third kappa shape index (κ3) is 8.87. The van der Waals surface area contributed by atoms with Crippen molar-refractivity contribution in [1.29, 1.82) is 0 Å². The van der Waals surface area contributed by atoms with E-state index in [-0.39, 0.29) is 11.9 Å². The van der Waals surface area contributed by atoms with Gasteiger partial charge in [0.15, 0.2) is 0 Å². The highest BCUT2D eigenvalue weighted by Gasteiger charge is 2.15. The van der Waals surface area contributed by atoms with Crippen molar-refractivity contribution in [1.82, 2.24) is 19.9 Å². The quantitative estimate of drug-likeness (QED) is 0.224. The Morgan fingerprint density at radius 3 is 2.42 bits per heavy atom. The molecule has 38 heavy (non-hydrogen) atoms. The fourth-order valence-electron chi connectivity index (χ4n) is 3.76. The lowest BCUT2D eigenvalue weighted by molar-refractivity contribution is 0.102. The van der Waals surface area contributed by atoms with E-state index in [2.05, 4.69) is 44.0 Å². The molecule has 3 heterocycles. The SMILES string of the molecule is CC.CC.CCCN(CCC)c1cc(NC(=O)c2ccc3[nH]ccc3c2)nc(OCCc2ccccn2)n1. The van der Waals surface area contributed by atoms with Crippen LogP contribution in [0.25, 0.3) is 10.9 Å². The highest BCUT2D eigenvalue weighted by atomic mass is 16.5. The number of anilines is 2. The Morgan fingerprint density at radius 1 is 0.974 bits per heavy atom. The number of ether oxygens (including phenoxy) is 1. The Bertz CT molecular complexity index is 1220.